The van der Waals surface area contributed by atoms with E-state index in [1.54, 1.807) is 5.32 Å². The Morgan fingerprint density at radius 1 is 1.50 bits per heavy atom. The molecule has 0 fully saturated rings. The molecule has 0 spiro atoms. The highest BCUT2D eigenvalue weighted by Crippen LogP contribution is 2.25. The lowest BCUT2D eigenvalue weighted by Crippen LogP contribution is -2.08. The van der Waals surface area contributed by atoms with Gasteiger partial charge in [0.15, 0.2) is 5.82 Å². The Hall–Kier alpha value is -1.78. The van der Waals surface area contributed by atoms with Crippen molar-refractivity contribution in [1.29, 1.82) is 0 Å². The lowest BCUT2D eigenvalue weighted by Gasteiger charge is -2.03. The molecule has 0 saturated heterocycles. The van der Waals surface area contributed by atoms with Crippen LogP contribution < -0.4 is 5.32 Å². The summed E-state index contributed by atoms with van der Waals surface area (Å²) in [5.41, 5.74) is -0.426. The molecule has 4 nitrogen and oxygen atoms in total. The molecule has 1 aromatic rings. The van der Waals surface area contributed by atoms with Crippen LogP contribution >= 0.6 is 0 Å². The summed E-state index contributed by atoms with van der Waals surface area (Å²) in [4.78, 5) is 10.1. The van der Waals surface area contributed by atoms with Gasteiger partial charge in [-0.1, -0.05) is 6.07 Å². The van der Waals surface area contributed by atoms with Crippen molar-refractivity contribution in [3.05, 3.63) is 24.0 Å². The Kier molecular flexibility index (Phi) is 2.14. The van der Waals surface area contributed by atoms with Gasteiger partial charge in [-0.05, 0) is 12.1 Å². The third-order valence-electron chi connectivity index (χ3n) is 1.22. The van der Waals surface area contributed by atoms with E-state index in [4.69, 9.17) is 10.2 Å². The maximum atomic E-state index is 12.7. The summed E-state index contributed by atoms with van der Waals surface area (Å²) in [5, 5.41) is 18.9. The third-order valence-corrected chi connectivity index (χ3v) is 1.22. The molecule has 1 rings (SSSR count). The monoisotopic (exact) mass is 171 g/mol. The molecule has 0 aromatic heterocycles. The van der Waals surface area contributed by atoms with Crippen molar-refractivity contribution < 1.29 is 19.4 Å². The molecule has 1 amide bonds. The second-order valence-corrected chi connectivity index (χ2v) is 2.06. The highest BCUT2D eigenvalue weighted by Gasteiger charge is 2.08. The Morgan fingerprint density at radius 2 is 2.17 bits per heavy atom. The molecule has 1 aromatic carbocycles. The number of rotatable bonds is 1. The summed E-state index contributed by atoms with van der Waals surface area (Å²) in [6.07, 6.45) is -1.42. The number of halogens is 1. The van der Waals surface area contributed by atoms with Gasteiger partial charge in [0, 0.05) is 0 Å². The number of para-hydroxylation sites is 1. The minimum Gasteiger partial charge on any atom is -0.506 e. The van der Waals surface area contributed by atoms with E-state index in [0.717, 1.165) is 6.07 Å². The van der Waals surface area contributed by atoms with Gasteiger partial charge in [-0.3, -0.25) is 5.32 Å². The first-order valence-electron chi connectivity index (χ1n) is 3.08. The van der Waals surface area contributed by atoms with Gasteiger partial charge in [-0.2, -0.15) is 0 Å². The second kappa shape index (κ2) is 3.08. The number of phenols is 1. The Labute approximate surface area is 67.3 Å². The molecule has 0 aliphatic carbocycles. The van der Waals surface area contributed by atoms with Gasteiger partial charge in [0.25, 0.3) is 0 Å². The normalized spacial score (nSPS) is 9.42. The molecular weight excluding hydrogens is 165 g/mol. The second-order valence-electron chi connectivity index (χ2n) is 2.06. The molecule has 0 bridgehead atoms. The van der Waals surface area contributed by atoms with Crippen molar-refractivity contribution >= 4 is 11.8 Å². The van der Waals surface area contributed by atoms with Crippen LogP contribution in [0, 0.1) is 5.82 Å². The average molecular weight is 171 g/mol. The van der Waals surface area contributed by atoms with Crippen molar-refractivity contribution in [2.45, 2.75) is 0 Å². The maximum absolute atomic E-state index is 12.7. The van der Waals surface area contributed by atoms with Gasteiger partial charge in [0.05, 0.1) is 0 Å². The van der Waals surface area contributed by atoms with Crippen LogP contribution in [-0.4, -0.2) is 16.3 Å². The lowest BCUT2D eigenvalue weighted by molar-refractivity contribution is 0.209. The largest absolute Gasteiger partial charge is 0.506 e. The van der Waals surface area contributed by atoms with E-state index in [-0.39, 0.29) is 0 Å². The van der Waals surface area contributed by atoms with Crippen molar-refractivity contribution in [3.8, 4) is 5.75 Å². The average Bonchev–Trinajstić information content (AvgIpc) is 1.97. The molecule has 64 valence electrons. The number of hydrogen-bond acceptors (Lipinski definition) is 2. The van der Waals surface area contributed by atoms with Crippen LogP contribution in [0.2, 0.25) is 0 Å². The fourth-order valence-corrected chi connectivity index (χ4v) is 0.743. The highest BCUT2D eigenvalue weighted by molar-refractivity contribution is 5.85. The summed E-state index contributed by atoms with van der Waals surface area (Å²) in [6.45, 7) is 0. The van der Waals surface area contributed by atoms with Gasteiger partial charge in [0.2, 0.25) is 0 Å². The summed E-state index contributed by atoms with van der Waals surface area (Å²) in [5.74, 6) is -1.24. The standard InChI is InChI=1S/C7H6FNO3/c8-4-2-1-3-5(10)6(4)9-7(11)12/h1-3,9-10H,(H,11,12). The Bertz CT molecular complexity index is 293. The minimum atomic E-state index is -1.42. The molecule has 0 heterocycles. The van der Waals surface area contributed by atoms with Crippen LogP contribution in [0.25, 0.3) is 0 Å². The SMILES string of the molecule is O=C(O)Nc1c(O)cccc1F. The van der Waals surface area contributed by atoms with Gasteiger partial charge >= 0.3 is 6.09 Å². The van der Waals surface area contributed by atoms with E-state index in [2.05, 4.69) is 0 Å². The number of amides is 1. The number of hydrogen-bond donors (Lipinski definition) is 3. The first-order chi connectivity index (χ1) is 5.61. The number of nitrogens with one attached hydrogen (secondary N) is 1. The summed E-state index contributed by atoms with van der Waals surface area (Å²) in [6, 6.07) is 3.51. The van der Waals surface area contributed by atoms with Gasteiger partial charge in [-0.25, -0.2) is 9.18 Å². The molecule has 0 aliphatic heterocycles. The zero-order valence-electron chi connectivity index (χ0n) is 5.91. The predicted octanol–water partition coefficient (Wildman–Crippen LogP) is 1.62. The molecule has 0 saturated carbocycles. The van der Waals surface area contributed by atoms with Crippen LogP contribution in [0.5, 0.6) is 5.75 Å². The van der Waals surface area contributed by atoms with Crippen molar-refractivity contribution in [2.75, 3.05) is 5.32 Å². The van der Waals surface area contributed by atoms with Crippen LogP contribution in [-0.2, 0) is 0 Å². The van der Waals surface area contributed by atoms with E-state index in [1.165, 1.54) is 12.1 Å². The van der Waals surface area contributed by atoms with Gasteiger partial charge in [0.1, 0.15) is 11.4 Å². The number of benzene rings is 1. The Morgan fingerprint density at radius 3 is 2.67 bits per heavy atom. The lowest BCUT2D eigenvalue weighted by atomic mass is 10.3. The topological polar surface area (TPSA) is 69.6 Å². The van der Waals surface area contributed by atoms with E-state index in [9.17, 15) is 9.18 Å². The third kappa shape index (κ3) is 1.63. The number of carbonyl (C=O) groups is 1. The number of carboxylic acid groups (broad SMARTS) is 1. The zero-order valence-corrected chi connectivity index (χ0v) is 5.91. The van der Waals surface area contributed by atoms with E-state index >= 15 is 0 Å². The Balaban J connectivity index is 3.04. The number of aromatic hydroxyl groups is 1. The quantitative estimate of drug-likeness (QED) is 0.562. The first-order valence-corrected chi connectivity index (χ1v) is 3.08. The van der Waals surface area contributed by atoms with Crippen molar-refractivity contribution in [2.24, 2.45) is 0 Å². The van der Waals surface area contributed by atoms with E-state index < -0.39 is 23.3 Å². The highest BCUT2D eigenvalue weighted by atomic mass is 19.1. The smallest absolute Gasteiger partial charge is 0.409 e. The molecule has 0 unspecified atom stereocenters. The molecule has 12 heavy (non-hydrogen) atoms. The van der Waals surface area contributed by atoms with E-state index in [0.29, 0.717) is 0 Å². The van der Waals surface area contributed by atoms with E-state index in [1.807, 2.05) is 0 Å². The van der Waals surface area contributed by atoms with Crippen LogP contribution in [0.3, 0.4) is 0 Å². The minimum absolute atomic E-state index is 0.426. The fourth-order valence-electron chi connectivity index (χ4n) is 0.743. The van der Waals surface area contributed by atoms with Crippen LogP contribution in [0.1, 0.15) is 0 Å². The first kappa shape index (κ1) is 8.32. The van der Waals surface area contributed by atoms with Crippen molar-refractivity contribution in [3.63, 3.8) is 0 Å². The number of anilines is 1. The summed E-state index contributed by atoms with van der Waals surface area (Å²) < 4.78 is 12.7. The molecule has 0 radical (unpaired) electrons. The summed E-state index contributed by atoms with van der Waals surface area (Å²) >= 11 is 0. The van der Waals surface area contributed by atoms with Gasteiger partial charge in [-0.15, -0.1) is 0 Å². The summed E-state index contributed by atoms with van der Waals surface area (Å²) in [7, 11) is 0. The predicted molar refractivity (Wildman–Crippen MR) is 39.7 cm³/mol. The molecular formula is C7H6FNO3. The number of phenolic OH excluding ortho intramolecular Hbond substituents is 1. The van der Waals surface area contributed by atoms with Crippen molar-refractivity contribution in [1.82, 2.24) is 0 Å². The molecule has 3 N–H and O–H groups in total. The van der Waals surface area contributed by atoms with Gasteiger partial charge < -0.3 is 10.2 Å². The fraction of sp³-hybridized carbons (Fsp3) is 0. The molecule has 5 heteroatoms. The maximum Gasteiger partial charge on any atom is 0.409 e. The zero-order chi connectivity index (χ0) is 9.14. The van der Waals surface area contributed by atoms with Crippen LogP contribution in [0.15, 0.2) is 18.2 Å². The molecule has 0 aliphatic rings. The van der Waals surface area contributed by atoms with Crippen LogP contribution in [0.4, 0.5) is 14.9 Å². The molecule has 0 atom stereocenters.